The summed E-state index contributed by atoms with van der Waals surface area (Å²) in [5.74, 6) is -0.0171. The van der Waals surface area contributed by atoms with E-state index >= 15 is 0 Å². The minimum Gasteiger partial charge on any atom is -0.394 e. The van der Waals surface area contributed by atoms with Crippen molar-refractivity contribution in [3.63, 3.8) is 0 Å². The van der Waals surface area contributed by atoms with Crippen LogP contribution in [0, 0.1) is 11.3 Å². The number of anilines is 1. The predicted molar refractivity (Wildman–Crippen MR) is 93.7 cm³/mol. The van der Waals surface area contributed by atoms with E-state index in [-0.39, 0.29) is 43.2 Å². The van der Waals surface area contributed by atoms with Gasteiger partial charge in [-0.3, -0.25) is 19.8 Å². The van der Waals surface area contributed by atoms with Crippen molar-refractivity contribution in [3.05, 3.63) is 16.7 Å². The molecule has 13 nitrogen and oxygen atoms in total. The molecule has 1 fully saturated rings. The van der Waals surface area contributed by atoms with Crippen LogP contribution in [0.25, 0.3) is 11.2 Å². The van der Waals surface area contributed by atoms with Crippen molar-refractivity contribution >= 4 is 25.6 Å². The maximum absolute atomic E-state index is 11.6. The van der Waals surface area contributed by atoms with Gasteiger partial charge in [-0.15, -0.1) is 0 Å². The molecule has 0 aromatic carbocycles. The number of hydrogen-bond donors (Lipinski definition) is 6. The van der Waals surface area contributed by atoms with E-state index in [0.717, 1.165) is 0 Å². The Hall–Kier alpha value is -2.17. The fraction of sp³-hybridized carbons (Fsp3) is 0.538. The van der Waals surface area contributed by atoms with Gasteiger partial charge in [0.05, 0.1) is 38.1 Å². The molecule has 3 heterocycles. The zero-order chi connectivity index (χ0) is 20.0. The highest BCUT2D eigenvalue weighted by molar-refractivity contribution is 7.43. The van der Waals surface area contributed by atoms with E-state index in [2.05, 4.69) is 19.5 Å². The largest absolute Gasteiger partial charge is 0.394 e. The number of nitrogens with zero attached hydrogens (tertiary/aromatic N) is 4. The van der Waals surface area contributed by atoms with Crippen LogP contribution in [0.5, 0.6) is 0 Å². The van der Waals surface area contributed by atoms with Crippen LogP contribution in [0.4, 0.5) is 5.95 Å². The van der Waals surface area contributed by atoms with Crippen LogP contribution in [0.15, 0.2) is 11.1 Å². The molecule has 0 bridgehead atoms. The lowest BCUT2D eigenvalue weighted by molar-refractivity contribution is -0.0432. The standard InChI is InChI=1S/C10H13N5O4.C3H7N2O2P/c11-10-13-8-7(9(18)14-10)12-3-15(8)6-1-4(17)5(2-16)19-6;4-2-1-3-7-8(5)6/h3-6,16-17H,1-2H2,(H3,11,13,14,18);6H,1,3,5H2/t4-,5+,6?;/m0./s1. The smallest absolute Gasteiger partial charge is 0.280 e. The number of nitrogens with two attached hydrogens (primary N) is 2. The summed E-state index contributed by atoms with van der Waals surface area (Å²) in [6, 6.07) is 1.84. The van der Waals surface area contributed by atoms with Crippen molar-refractivity contribution in [1.82, 2.24) is 19.5 Å². The Labute approximate surface area is 154 Å². The number of hydrogen-bond acceptors (Lipinski definition) is 11. The number of rotatable bonds is 5. The molecular formula is C13H20N7O6P. The zero-order valence-electron chi connectivity index (χ0n) is 14.1. The first-order valence-electron chi connectivity index (χ1n) is 7.77. The zero-order valence-corrected chi connectivity index (χ0v) is 15.0. The topological polar surface area (TPSA) is 219 Å². The second-order valence-corrected chi connectivity index (χ2v) is 6.30. The average molecular weight is 401 g/mol. The number of aromatic amines is 1. The van der Waals surface area contributed by atoms with E-state index in [9.17, 15) is 9.90 Å². The Morgan fingerprint density at radius 3 is 2.93 bits per heavy atom. The molecule has 0 spiro atoms. The molecule has 4 atom stereocenters. The first-order valence-corrected chi connectivity index (χ1v) is 9.05. The third-order valence-corrected chi connectivity index (χ3v) is 4.03. The van der Waals surface area contributed by atoms with Crippen molar-refractivity contribution in [2.75, 3.05) is 18.9 Å². The van der Waals surface area contributed by atoms with Gasteiger partial charge in [-0.25, -0.2) is 4.98 Å². The molecule has 8 N–H and O–H groups in total. The highest BCUT2D eigenvalue weighted by atomic mass is 31.2. The van der Waals surface area contributed by atoms with Crippen LogP contribution < -0.4 is 16.8 Å². The van der Waals surface area contributed by atoms with Gasteiger partial charge in [0.15, 0.2) is 11.2 Å². The van der Waals surface area contributed by atoms with Crippen LogP contribution in [0.2, 0.25) is 0 Å². The molecule has 0 aliphatic carbocycles. The van der Waals surface area contributed by atoms with Crippen molar-refractivity contribution in [2.24, 2.45) is 5.50 Å². The number of aromatic nitrogens is 4. The van der Waals surface area contributed by atoms with Crippen molar-refractivity contribution in [1.29, 1.82) is 5.26 Å². The molecule has 0 radical (unpaired) electrons. The Balaban J connectivity index is 0.000000279. The quantitative estimate of drug-likeness (QED) is 0.248. The van der Waals surface area contributed by atoms with Gasteiger partial charge >= 0.3 is 0 Å². The lowest BCUT2D eigenvalue weighted by Crippen LogP contribution is -2.24. The normalized spacial score (nSPS) is 22.9. The fourth-order valence-corrected chi connectivity index (χ4v) is 2.67. The van der Waals surface area contributed by atoms with Crippen molar-refractivity contribution in [2.45, 2.75) is 31.3 Å². The van der Waals surface area contributed by atoms with Gasteiger partial charge in [0.25, 0.3) is 5.56 Å². The van der Waals surface area contributed by atoms with E-state index in [1.54, 1.807) is 0 Å². The molecule has 0 amide bonds. The van der Waals surface area contributed by atoms with Crippen LogP contribution >= 0.6 is 8.53 Å². The van der Waals surface area contributed by atoms with Crippen LogP contribution in [0.3, 0.4) is 0 Å². The lowest BCUT2D eigenvalue weighted by Gasteiger charge is -2.13. The van der Waals surface area contributed by atoms with Crippen molar-refractivity contribution in [3.8, 4) is 6.07 Å². The van der Waals surface area contributed by atoms with E-state index in [1.807, 2.05) is 6.07 Å². The van der Waals surface area contributed by atoms with E-state index < -0.39 is 32.5 Å². The van der Waals surface area contributed by atoms with Gasteiger partial charge in [0, 0.05) is 6.42 Å². The summed E-state index contributed by atoms with van der Waals surface area (Å²) in [5.41, 5.74) is 10.3. The third-order valence-electron chi connectivity index (χ3n) is 3.58. The molecule has 27 heavy (non-hydrogen) atoms. The minimum atomic E-state index is -1.76. The molecular weight excluding hydrogens is 381 g/mol. The number of nitriles is 1. The molecule has 2 aromatic rings. The van der Waals surface area contributed by atoms with Gasteiger partial charge in [-0.05, 0) is 0 Å². The van der Waals surface area contributed by atoms with Gasteiger partial charge in [0.2, 0.25) is 14.5 Å². The van der Waals surface area contributed by atoms with Crippen LogP contribution in [0.1, 0.15) is 19.1 Å². The molecule has 3 rings (SSSR count). The molecule has 1 saturated heterocycles. The summed E-state index contributed by atoms with van der Waals surface area (Å²) in [4.78, 5) is 30.2. The summed E-state index contributed by atoms with van der Waals surface area (Å²) in [5, 5.41) is 26.7. The second-order valence-electron chi connectivity index (χ2n) is 5.43. The van der Waals surface area contributed by atoms with Gasteiger partial charge in [-0.1, -0.05) is 0 Å². The second kappa shape index (κ2) is 9.67. The molecule has 2 aromatic heterocycles. The fourth-order valence-electron chi connectivity index (χ4n) is 2.39. The number of imidazole rings is 1. The van der Waals surface area contributed by atoms with Gasteiger partial charge in [-0.2, -0.15) is 10.2 Å². The number of aliphatic hydroxyl groups excluding tert-OH is 2. The Kier molecular flexibility index (Phi) is 7.57. The van der Waals surface area contributed by atoms with E-state index in [1.165, 1.54) is 10.9 Å². The summed E-state index contributed by atoms with van der Waals surface area (Å²) < 4.78 is 11.5. The highest BCUT2D eigenvalue weighted by Gasteiger charge is 2.35. The maximum atomic E-state index is 11.6. The maximum Gasteiger partial charge on any atom is 0.280 e. The monoisotopic (exact) mass is 401 g/mol. The Morgan fingerprint density at radius 1 is 1.59 bits per heavy atom. The number of H-pyrrole nitrogens is 1. The Morgan fingerprint density at radius 2 is 2.33 bits per heavy atom. The summed E-state index contributed by atoms with van der Waals surface area (Å²) in [6.07, 6.45) is 0.00459. The third kappa shape index (κ3) is 5.41. The van der Waals surface area contributed by atoms with E-state index in [4.69, 9.17) is 31.2 Å². The van der Waals surface area contributed by atoms with E-state index in [0.29, 0.717) is 0 Å². The molecule has 0 saturated carbocycles. The predicted octanol–water partition coefficient (Wildman–Crippen LogP) is -1.56. The molecule has 2 unspecified atom stereocenters. The number of ether oxygens (including phenoxy) is 1. The highest BCUT2D eigenvalue weighted by Crippen LogP contribution is 2.30. The summed E-state index contributed by atoms with van der Waals surface area (Å²) in [7, 11) is -1.76. The van der Waals surface area contributed by atoms with Crippen molar-refractivity contribution < 1.29 is 24.4 Å². The number of aliphatic hydroxyl groups is 2. The lowest BCUT2D eigenvalue weighted by atomic mass is 10.2. The van der Waals surface area contributed by atoms with Gasteiger partial charge in [0.1, 0.15) is 12.3 Å². The van der Waals surface area contributed by atoms with Crippen LogP contribution in [-0.4, -0.2) is 60.0 Å². The molecule has 1 aliphatic heterocycles. The summed E-state index contributed by atoms with van der Waals surface area (Å²) in [6.45, 7) is -0.0599. The number of nitrogens with one attached hydrogen (secondary N) is 1. The first-order chi connectivity index (χ1) is 12.9. The molecule has 14 heteroatoms. The Bertz CT molecular complexity index is 850. The van der Waals surface area contributed by atoms with Gasteiger partial charge < -0.3 is 30.1 Å². The number of nitrogen functional groups attached to an aromatic ring is 1. The molecule has 1 aliphatic rings. The minimum absolute atomic E-state index is 0.0171. The molecule has 148 valence electrons. The SMILES string of the molecule is N#CCCOP(N)O.Nc1nc2c(ncn2C2C[C@H](O)[C@@H](CO)O2)c(=O)[nH]1. The first kappa shape index (κ1) is 21.1. The van der Waals surface area contributed by atoms with Crippen LogP contribution in [-0.2, 0) is 9.26 Å². The number of fused-ring (bicyclic) bond motifs is 1. The summed E-state index contributed by atoms with van der Waals surface area (Å²) >= 11 is 0. The average Bonchev–Trinajstić information content (AvgIpc) is 3.18.